The molecule has 3 heterocycles. The number of nitrogens with two attached hydrogens (primary N) is 1. The molecule has 2 aliphatic heterocycles. The van der Waals surface area contributed by atoms with Crippen molar-refractivity contribution in [1.82, 2.24) is 10.2 Å². The van der Waals surface area contributed by atoms with Gasteiger partial charge >= 0.3 is 0 Å². The number of fused-ring (bicyclic) bond motifs is 1. The van der Waals surface area contributed by atoms with Crippen LogP contribution in [0, 0.1) is 0 Å². The fourth-order valence-electron chi connectivity index (χ4n) is 4.05. The number of nitrogens with zero attached hydrogens (tertiary/aromatic N) is 2. The summed E-state index contributed by atoms with van der Waals surface area (Å²) in [6.07, 6.45) is 3.07. The first kappa shape index (κ1) is 25.3. The minimum atomic E-state index is -5.11. The molecule has 14 heteroatoms. The number of nitrogens with one attached hydrogen (secondary N) is 1. The van der Waals surface area contributed by atoms with Gasteiger partial charge in [-0.1, -0.05) is 30.3 Å². The van der Waals surface area contributed by atoms with Crippen molar-refractivity contribution in [2.24, 2.45) is 5.73 Å². The minimum absolute atomic E-state index is 0.0538. The highest BCUT2D eigenvalue weighted by molar-refractivity contribution is 8.00. The van der Waals surface area contributed by atoms with E-state index in [1.807, 2.05) is 0 Å². The lowest BCUT2D eigenvalue weighted by Crippen LogP contribution is -2.71. The molecule has 1 aromatic carbocycles. The molecule has 1 saturated heterocycles. The first-order chi connectivity index (χ1) is 17.0. The molecule has 1 aromatic heterocycles. The molecule has 2 aromatic rings. The molecule has 0 radical (unpaired) electrons. The zero-order valence-electron chi connectivity index (χ0n) is 18.4. The van der Waals surface area contributed by atoms with Crippen molar-refractivity contribution in [3.8, 4) is 0 Å². The number of aliphatic carboxylic acids is 1. The van der Waals surface area contributed by atoms with Crippen LogP contribution >= 0.6 is 11.8 Å². The average molecular weight is 532 g/mol. The van der Waals surface area contributed by atoms with Gasteiger partial charge in [0.15, 0.2) is 24.2 Å². The summed E-state index contributed by atoms with van der Waals surface area (Å²) in [5.41, 5.74) is 5.44. The zero-order valence-corrected chi connectivity index (χ0v) is 20.0. The number of hydrogen-bond donors (Lipinski definition) is 2. The summed E-state index contributed by atoms with van der Waals surface area (Å²) < 4.78 is 37.0. The van der Waals surface area contributed by atoms with Crippen LogP contribution in [0.1, 0.15) is 21.2 Å². The molecule has 0 unspecified atom stereocenters. The van der Waals surface area contributed by atoms with E-state index in [4.69, 9.17) is 5.73 Å². The maximum absolute atomic E-state index is 12.9. The van der Waals surface area contributed by atoms with E-state index in [2.05, 4.69) is 5.32 Å². The summed E-state index contributed by atoms with van der Waals surface area (Å²) in [6.45, 7) is 0.0768. The van der Waals surface area contributed by atoms with Gasteiger partial charge < -0.3 is 25.5 Å². The van der Waals surface area contributed by atoms with Crippen LogP contribution in [0.15, 0.2) is 66.1 Å². The third kappa shape index (κ3) is 4.82. The molecule has 2 aliphatic rings. The summed E-state index contributed by atoms with van der Waals surface area (Å²) in [6, 6.07) is 8.83. The quantitative estimate of drug-likeness (QED) is 0.215. The van der Waals surface area contributed by atoms with Crippen molar-refractivity contribution in [2.75, 3.05) is 5.75 Å². The highest BCUT2D eigenvalue weighted by atomic mass is 32.2. The monoisotopic (exact) mass is 531 g/mol. The van der Waals surface area contributed by atoms with Crippen molar-refractivity contribution in [1.29, 1.82) is 0 Å². The molecule has 1 fully saturated rings. The number of carbonyl (C=O) groups is 4. The van der Waals surface area contributed by atoms with Crippen molar-refractivity contribution in [3.63, 3.8) is 0 Å². The Labute approximate surface area is 209 Å². The molecule has 3 atom stereocenters. The smallest absolute Gasteiger partial charge is 0.253 e. The molecular weight excluding hydrogens is 512 g/mol. The van der Waals surface area contributed by atoms with E-state index in [1.54, 1.807) is 10.6 Å². The van der Waals surface area contributed by atoms with E-state index in [-0.39, 0.29) is 29.1 Å². The molecule has 0 spiro atoms. The SMILES string of the molecule is NC(=O)c1cc[n+](CC2=C(C(=O)[O-])N3C(=O)[C@@H](NC(=O)[C@H](c4ccccc4)S(=O)(=O)[O-])[C@H]3SC2)cc1. The standard InChI is InChI=1S/C22H20N4O8S2/c23-18(27)13-6-8-25(9-7-13)10-14-11-35-21-15(20(29)26(21)16(14)22(30)31)24-19(28)17(36(32,33)34)12-4-2-1-3-5-12/h1-9,15,17,21H,10-11H2,(H4-,23,24,27,28,30,31,32,33,34)/p-1/t15-,17+,21-/m1/s1. The molecule has 3 amide bonds. The topological polar surface area (TPSA) is 194 Å². The number of amides is 3. The van der Waals surface area contributed by atoms with E-state index in [0.717, 1.165) is 16.7 Å². The van der Waals surface area contributed by atoms with Crippen molar-refractivity contribution >= 4 is 45.6 Å². The fourth-order valence-corrected chi connectivity index (χ4v) is 6.20. The van der Waals surface area contributed by atoms with Gasteiger partial charge in [0.1, 0.15) is 21.5 Å². The van der Waals surface area contributed by atoms with Crippen LogP contribution in [0.3, 0.4) is 0 Å². The third-order valence-electron chi connectivity index (χ3n) is 5.72. The number of carboxylic acid groups (broad SMARTS) is 1. The molecule has 36 heavy (non-hydrogen) atoms. The number of β-lactam (4-membered cyclic amide) rings is 1. The van der Waals surface area contributed by atoms with Crippen LogP contribution in [0.2, 0.25) is 0 Å². The summed E-state index contributed by atoms with van der Waals surface area (Å²) in [4.78, 5) is 49.8. The molecule has 0 saturated carbocycles. The van der Waals surface area contributed by atoms with Gasteiger partial charge in [0.25, 0.3) is 5.91 Å². The van der Waals surface area contributed by atoms with Gasteiger partial charge in [-0.3, -0.25) is 19.3 Å². The van der Waals surface area contributed by atoms with Crippen molar-refractivity contribution < 1.29 is 41.8 Å². The van der Waals surface area contributed by atoms with Crippen LogP contribution in [0.5, 0.6) is 0 Å². The lowest BCUT2D eigenvalue weighted by Gasteiger charge is -2.50. The van der Waals surface area contributed by atoms with Crippen LogP contribution in [-0.2, 0) is 31.0 Å². The number of carbonyl (C=O) groups excluding carboxylic acids is 4. The van der Waals surface area contributed by atoms with Crippen molar-refractivity contribution in [2.45, 2.75) is 23.2 Å². The number of hydrogen-bond acceptors (Lipinski definition) is 9. The maximum Gasteiger partial charge on any atom is 0.253 e. The number of pyridine rings is 1. The molecule has 188 valence electrons. The highest BCUT2D eigenvalue weighted by Gasteiger charge is 2.53. The second-order valence-corrected chi connectivity index (χ2v) is 10.6. The summed E-state index contributed by atoms with van der Waals surface area (Å²) in [5.74, 6) is -4.00. The lowest BCUT2D eigenvalue weighted by atomic mass is 10.0. The second kappa shape index (κ2) is 9.72. The lowest BCUT2D eigenvalue weighted by molar-refractivity contribution is -0.689. The Hall–Kier alpha value is -3.75. The van der Waals surface area contributed by atoms with E-state index < -0.39 is 50.5 Å². The van der Waals surface area contributed by atoms with Gasteiger partial charge in [-0.05, 0) is 5.56 Å². The normalized spacial score (nSPS) is 20.2. The Morgan fingerprint density at radius 3 is 2.36 bits per heavy atom. The van der Waals surface area contributed by atoms with Gasteiger partial charge in [0.05, 0.1) is 17.2 Å². The Bertz CT molecular complexity index is 1380. The van der Waals surface area contributed by atoms with E-state index in [9.17, 15) is 37.3 Å². The van der Waals surface area contributed by atoms with Gasteiger partial charge in [0.2, 0.25) is 11.8 Å². The van der Waals surface area contributed by atoms with Crippen LogP contribution in [0.4, 0.5) is 0 Å². The van der Waals surface area contributed by atoms with Gasteiger partial charge in [0, 0.05) is 23.5 Å². The van der Waals surface area contributed by atoms with Crippen LogP contribution < -0.4 is 20.7 Å². The fraction of sp³-hybridized carbons (Fsp3) is 0.227. The van der Waals surface area contributed by atoms with E-state index in [0.29, 0.717) is 5.57 Å². The van der Waals surface area contributed by atoms with Gasteiger partial charge in [-0.2, -0.15) is 0 Å². The Morgan fingerprint density at radius 1 is 1.17 bits per heavy atom. The van der Waals surface area contributed by atoms with E-state index >= 15 is 0 Å². The number of rotatable bonds is 8. The van der Waals surface area contributed by atoms with E-state index in [1.165, 1.54) is 48.8 Å². The highest BCUT2D eigenvalue weighted by Crippen LogP contribution is 2.40. The Kier molecular flexibility index (Phi) is 6.84. The second-order valence-electron chi connectivity index (χ2n) is 8.04. The largest absolute Gasteiger partial charge is 0.747 e. The molecular formula is C22H19N4O8S2-. The average Bonchev–Trinajstić information content (AvgIpc) is 2.82. The summed E-state index contributed by atoms with van der Waals surface area (Å²) in [7, 11) is -5.11. The number of thioether (sulfide) groups is 1. The van der Waals surface area contributed by atoms with Crippen LogP contribution in [-0.4, -0.2) is 58.7 Å². The number of carboxylic acids is 1. The molecule has 3 N–H and O–H groups in total. The zero-order chi connectivity index (χ0) is 26.2. The molecule has 12 nitrogen and oxygen atoms in total. The molecule has 4 rings (SSSR count). The number of benzene rings is 1. The summed E-state index contributed by atoms with van der Waals surface area (Å²) in [5, 5.41) is 11.3. The first-order valence-electron chi connectivity index (χ1n) is 10.5. The minimum Gasteiger partial charge on any atom is -0.747 e. The van der Waals surface area contributed by atoms with Crippen LogP contribution in [0.25, 0.3) is 0 Å². The summed E-state index contributed by atoms with van der Waals surface area (Å²) >= 11 is 1.16. The number of aromatic nitrogens is 1. The Balaban J connectivity index is 1.54. The predicted molar refractivity (Wildman–Crippen MR) is 121 cm³/mol. The Morgan fingerprint density at radius 2 is 1.81 bits per heavy atom. The van der Waals surface area contributed by atoms with Gasteiger partial charge in [-0.15, -0.1) is 11.8 Å². The molecule has 0 aliphatic carbocycles. The third-order valence-corrected chi connectivity index (χ3v) is 8.12. The number of primary amides is 1. The first-order valence-corrected chi connectivity index (χ1v) is 13.0. The predicted octanol–water partition coefficient (Wildman–Crippen LogP) is -2.24. The van der Waals surface area contributed by atoms with Crippen molar-refractivity contribution in [3.05, 3.63) is 77.3 Å². The maximum atomic E-state index is 12.9. The molecule has 0 bridgehead atoms. The van der Waals surface area contributed by atoms with Gasteiger partial charge in [-0.25, -0.2) is 13.0 Å².